The molecule has 9 heteroatoms. The van der Waals surface area contributed by atoms with Crippen LogP contribution in [0.15, 0.2) is 29.6 Å². The van der Waals surface area contributed by atoms with E-state index in [2.05, 4.69) is 15.5 Å². The van der Waals surface area contributed by atoms with Gasteiger partial charge in [0, 0.05) is 37.1 Å². The molecule has 7 nitrogen and oxygen atoms in total. The summed E-state index contributed by atoms with van der Waals surface area (Å²) < 4.78 is 14.4. The molecule has 2 aliphatic rings. The topological polar surface area (TPSA) is 97.7 Å². The van der Waals surface area contributed by atoms with Gasteiger partial charge in [0.05, 0.1) is 5.02 Å². The first-order chi connectivity index (χ1) is 16.5. The lowest BCUT2D eigenvalue weighted by Gasteiger charge is -2.17. The summed E-state index contributed by atoms with van der Waals surface area (Å²) in [6.07, 6.45) is 2.27. The van der Waals surface area contributed by atoms with Crippen molar-refractivity contribution >= 4 is 34.8 Å². The third-order valence-electron chi connectivity index (χ3n) is 6.46. The molecule has 2 unspecified atom stereocenters. The van der Waals surface area contributed by atoms with Gasteiger partial charge in [-0.3, -0.25) is 19.4 Å². The molecule has 1 N–H and O–H groups in total. The normalized spacial score (nSPS) is 21.1. The minimum absolute atomic E-state index is 0.129. The molecule has 2 atom stereocenters. The molecular weight excluding hydrogens is 473 g/mol. The second-order valence-corrected chi connectivity index (χ2v) is 10.3. The number of carbonyl (C=O) groups is 3. The van der Waals surface area contributed by atoms with Gasteiger partial charge >= 0.3 is 0 Å². The molecule has 1 aromatic carbocycles. The number of halogens is 2. The summed E-state index contributed by atoms with van der Waals surface area (Å²) in [5, 5.41) is 6.80. The molecular formula is C26H27ClFN3O4. The fourth-order valence-corrected chi connectivity index (χ4v) is 4.97. The van der Waals surface area contributed by atoms with E-state index in [0.29, 0.717) is 29.7 Å². The zero-order valence-electron chi connectivity index (χ0n) is 20.1. The van der Waals surface area contributed by atoms with Crippen LogP contribution in [-0.2, 0) is 19.2 Å². The number of benzene rings is 1. The van der Waals surface area contributed by atoms with Crippen LogP contribution < -0.4 is 5.32 Å². The Kier molecular flexibility index (Phi) is 6.77. The molecule has 0 spiro atoms. The fourth-order valence-electron chi connectivity index (χ4n) is 4.83. The Bertz CT molecular complexity index is 1230. The Morgan fingerprint density at radius 3 is 2.51 bits per heavy atom. The van der Waals surface area contributed by atoms with Gasteiger partial charge in [0.25, 0.3) is 5.91 Å². The largest absolute Gasteiger partial charge is 0.389 e. The van der Waals surface area contributed by atoms with Crippen molar-refractivity contribution in [3.63, 3.8) is 0 Å². The van der Waals surface area contributed by atoms with Gasteiger partial charge in [-0.15, -0.1) is 0 Å². The van der Waals surface area contributed by atoms with Crippen LogP contribution in [0.3, 0.4) is 0 Å². The number of amides is 1. The molecule has 0 radical (unpaired) electrons. The van der Waals surface area contributed by atoms with Gasteiger partial charge in [-0.2, -0.15) is 0 Å². The van der Waals surface area contributed by atoms with E-state index < -0.39 is 23.3 Å². The number of hydrogen-bond acceptors (Lipinski definition) is 6. The number of oxime groups is 1. The highest BCUT2D eigenvalue weighted by molar-refractivity contribution is 6.39. The van der Waals surface area contributed by atoms with Crippen molar-refractivity contribution in [3.05, 3.63) is 51.9 Å². The van der Waals surface area contributed by atoms with Gasteiger partial charge in [-0.05, 0) is 69.0 Å². The van der Waals surface area contributed by atoms with E-state index >= 15 is 0 Å². The van der Waals surface area contributed by atoms with Crippen molar-refractivity contribution in [3.8, 4) is 11.3 Å². The molecule has 35 heavy (non-hydrogen) atoms. The van der Waals surface area contributed by atoms with Crippen LogP contribution in [0, 0.1) is 25.6 Å². The molecule has 1 aliphatic heterocycles. The van der Waals surface area contributed by atoms with Crippen molar-refractivity contribution < 1.29 is 23.6 Å². The number of hydrogen-bond donors (Lipinski definition) is 1. The van der Waals surface area contributed by atoms with E-state index in [1.165, 1.54) is 12.3 Å². The number of rotatable bonds is 6. The van der Waals surface area contributed by atoms with Gasteiger partial charge in [0.1, 0.15) is 28.7 Å². The van der Waals surface area contributed by atoms with Gasteiger partial charge in [0.15, 0.2) is 11.6 Å². The highest BCUT2D eigenvalue weighted by atomic mass is 35.5. The molecule has 0 saturated heterocycles. The molecule has 184 valence electrons. The van der Waals surface area contributed by atoms with Crippen LogP contribution in [-0.4, -0.2) is 40.3 Å². The number of aryl methyl sites for hydroxylation is 2. The van der Waals surface area contributed by atoms with Crippen molar-refractivity contribution in [1.29, 1.82) is 0 Å². The molecule has 2 aromatic rings. The molecule has 2 heterocycles. The lowest BCUT2D eigenvalue weighted by molar-refractivity contribution is -0.125. The number of nitrogens with zero attached hydrogens (tertiary/aromatic N) is 2. The molecule has 0 bridgehead atoms. The predicted octanol–water partition coefficient (Wildman–Crippen LogP) is 4.46. The average Bonchev–Trinajstić information content (AvgIpc) is 3.26. The zero-order valence-corrected chi connectivity index (χ0v) is 20.8. The summed E-state index contributed by atoms with van der Waals surface area (Å²) in [6.45, 7) is 7.56. The Hall–Kier alpha value is -3.13. The van der Waals surface area contributed by atoms with Crippen LogP contribution in [0.4, 0.5) is 4.39 Å². The minimum Gasteiger partial charge on any atom is -0.389 e. The van der Waals surface area contributed by atoms with E-state index in [1.807, 2.05) is 13.8 Å². The molecule has 1 amide bonds. The maximum Gasteiger partial charge on any atom is 0.269 e. The summed E-state index contributed by atoms with van der Waals surface area (Å²) in [5.41, 5.74) is 2.62. The summed E-state index contributed by atoms with van der Waals surface area (Å²) in [6, 6.07) is 4.67. The Balaban J connectivity index is 1.45. The number of Topliss-reactive ketones (excluding diaryl/α,β-unsaturated/α-hetero) is 2. The molecule has 1 fully saturated rings. The highest BCUT2D eigenvalue weighted by Crippen LogP contribution is 2.38. The van der Waals surface area contributed by atoms with Gasteiger partial charge < -0.3 is 10.2 Å². The number of pyridine rings is 1. The SMILES string of the molecule is Cc1cc(-c2ncc(Cl)cc2F)cc(C)c1C1C(=O)CC(CCNC(=O)C2=NOC(C)(C)C2)C1=O. The summed E-state index contributed by atoms with van der Waals surface area (Å²) in [7, 11) is 0. The van der Waals surface area contributed by atoms with Gasteiger partial charge in [-0.25, -0.2) is 4.39 Å². The van der Waals surface area contributed by atoms with Crippen LogP contribution in [0.1, 0.15) is 55.7 Å². The highest BCUT2D eigenvalue weighted by Gasteiger charge is 2.43. The maximum absolute atomic E-state index is 14.4. The van der Waals surface area contributed by atoms with Crippen LogP contribution in [0.25, 0.3) is 11.3 Å². The molecule has 1 aliphatic carbocycles. The van der Waals surface area contributed by atoms with Gasteiger partial charge in [-0.1, -0.05) is 16.8 Å². The van der Waals surface area contributed by atoms with E-state index in [-0.39, 0.29) is 41.2 Å². The Labute approximate surface area is 208 Å². The standard InChI is InChI=1S/C26H27ClFN3O4/c1-13-7-16(23-18(28)10-17(27)12-30-23)8-14(2)21(13)22-20(32)9-15(24(22)33)5-6-29-25(34)19-11-26(3,4)35-31-19/h7-8,10,12,15,22H,5-6,9,11H2,1-4H3,(H,29,34). The van der Waals surface area contributed by atoms with E-state index in [1.54, 1.807) is 26.0 Å². The number of nitrogens with one attached hydrogen (secondary N) is 1. The number of aromatic nitrogens is 1. The van der Waals surface area contributed by atoms with E-state index in [9.17, 15) is 18.8 Å². The van der Waals surface area contributed by atoms with Crippen LogP contribution in [0.2, 0.25) is 5.02 Å². The van der Waals surface area contributed by atoms with E-state index in [0.717, 1.165) is 11.1 Å². The van der Waals surface area contributed by atoms with Crippen molar-refractivity contribution in [2.24, 2.45) is 11.1 Å². The van der Waals surface area contributed by atoms with E-state index in [4.69, 9.17) is 16.4 Å². The molecule has 4 rings (SSSR count). The van der Waals surface area contributed by atoms with Crippen molar-refractivity contribution in [2.45, 2.75) is 58.5 Å². The third-order valence-corrected chi connectivity index (χ3v) is 6.66. The average molecular weight is 500 g/mol. The summed E-state index contributed by atoms with van der Waals surface area (Å²) in [4.78, 5) is 47.7. The maximum atomic E-state index is 14.4. The van der Waals surface area contributed by atoms with Crippen LogP contribution >= 0.6 is 11.6 Å². The lowest BCUT2D eigenvalue weighted by Crippen LogP contribution is -2.34. The molecule has 1 saturated carbocycles. The quantitative estimate of drug-likeness (QED) is 0.592. The first-order valence-electron chi connectivity index (χ1n) is 11.5. The number of ketones is 2. The zero-order chi connectivity index (χ0) is 25.5. The van der Waals surface area contributed by atoms with Crippen molar-refractivity contribution in [2.75, 3.05) is 6.54 Å². The number of carbonyl (C=O) groups excluding carboxylic acids is 3. The summed E-state index contributed by atoms with van der Waals surface area (Å²) >= 11 is 5.81. The first kappa shape index (κ1) is 25.0. The summed E-state index contributed by atoms with van der Waals surface area (Å²) in [5.74, 6) is -2.49. The van der Waals surface area contributed by atoms with Gasteiger partial charge in [0.2, 0.25) is 0 Å². The van der Waals surface area contributed by atoms with Crippen LogP contribution in [0.5, 0.6) is 0 Å². The third kappa shape index (κ3) is 5.12. The lowest BCUT2D eigenvalue weighted by atomic mass is 9.85. The fraction of sp³-hybridized carbons (Fsp3) is 0.423. The van der Waals surface area contributed by atoms with Crippen molar-refractivity contribution in [1.82, 2.24) is 10.3 Å². The minimum atomic E-state index is -0.860. The predicted molar refractivity (Wildman–Crippen MR) is 130 cm³/mol. The second kappa shape index (κ2) is 9.49. The Morgan fingerprint density at radius 1 is 1.23 bits per heavy atom. The Morgan fingerprint density at radius 2 is 1.91 bits per heavy atom. The molecule has 1 aromatic heterocycles. The monoisotopic (exact) mass is 499 g/mol. The first-order valence-corrected chi connectivity index (χ1v) is 11.9. The smallest absolute Gasteiger partial charge is 0.269 e. The second-order valence-electron chi connectivity index (χ2n) is 9.82.